The van der Waals surface area contributed by atoms with Crippen molar-refractivity contribution in [3.05, 3.63) is 35.9 Å². The number of carbonyl (C=O) groups excluding carboxylic acids is 1. The van der Waals surface area contributed by atoms with Crippen LogP contribution in [0.4, 0.5) is 5.69 Å². The van der Waals surface area contributed by atoms with Crippen molar-refractivity contribution in [3.8, 4) is 0 Å². The molecule has 0 aromatic heterocycles. The molecule has 0 heterocycles. The Balaban J connectivity index is 2.37. The van der Waals surface area contributed by atoms with E-state index in [0.29, 0.717) is 18.2 Å². The highest BCUT2D eigenvalue weighted by Crippen LogP contribution is 2.08. The number of nitrogens with two attached hydrogens (primary N) is 1. The van der Waals surface area contributed by atoms with Crippen LogP contribution in [0.3, 0.4) is 0 Å². The molecule has 3 heteroatoms. The summed E-state index contributed by atoms with van der Waals surface area (Å²) in [4.78, 5) is 11.5. The van der Waals surface area contributed by atoms with Crippen LogP contribution >= 0.6 is 0 Å². The molecule has 0 spiro atoms. The van der Waals surface area contributed by atoms with Gasteiger partial charge in [-0.05, 0) is 36.1 Å². The van der Waals surface area contributed by atoms with Crippen LogP contribution in [0.1, 0.15) is 32.3 Å². The van der Waals surface area contributed by atoms with Gasteiger partial charge in [0, 0.05) is 11.8 Å². The first-order chi connectivity index (χ1) is 8.61. The zero-order valence-electron chi connectivity index (χ0n) is 11.1. The molecule has 1 unspecified atom stereocenters. The lowest BCUT2D eigenvalue weighted by Gasteiger charge is -2.09. The van der Waals surface area contributed by atoms with Crippen LogP contribution in [-0.2, 0) is 9.53 Å². The number of hydrogen-bond donors (Lipinski definition) is 1. The van der Waals surface area contributed by atoms with Gasteiger partial charge in [0.25, 0.3) is 0 Å². The van der Waals surface area contributed by atoms with Crippen LogP contribution in [0.2, 0.25) is 0 Å². The van der Waals surface area contributed by atoms with E-state index < -0.39 is 0 Å². The SMILES string of the molecule is CCCC(C)COC(=O)/C=C/c1ccc(N)cc1. The Morgan fingerprint density at radius 1 is 1.39 bits per heavy atom. The standard InChI is InChI=1S/C15H21NO2/c1-3-4-12(2)11-18-15(17)10-7-13-5-8-14(16)9-6-13/h5-10,12H,3-4,11,16H2,1-2H3/b10-7+. The van der Waals surface area contributed by atoms with E-state index in [-0.39, 0.29) is 5.97 Å². The van der Waals surface area contributed by atoms with E-state index in [0.717, 1.165) is 18.4 Å². The van der Waals surface area contributed by atoms with Gasteiger partial charge in [0.2, 0.25) is 0 Å². The van der Waals surface area contributed by atoms with Crippen LogP contribution in [0.15, 0.2) is 30.3 Å². The molecule has 1 atom stereocenters. The number of anilines is 1. The molecule has 1 rings (SSSR count). The lowest BCUT2D eigenvalue weighted by Crippen LogP contribution is -2.09. The normalized spacial score (nSPS) is 12.6. The summed E-state index contributed by atoms with van der Waals surface area (Å²) >= 11 is 0. The van der Waals surface area contributed by atoms with Gasteiger partial charge in [0.05, 0.1) is 6.61 Å². The largest absolute Gasteiger partial charge is 0.462 e. The summed E-state index contributed by atoms with van der Waals surface area (Å²) in [6, 6.07) is 7.32. The van der Waals surface area contributed by atoms with Gasteiger partial charge in [-0.2, -0.15) is 0 Å². The smallest absolute Gasteiger partial charge is 0.330 e. The summed E-state index contributed by atoms with van der Waals surface area (Å²) < 4.78 is 5.15. The van der Waals surface area contributed by atoms with Crippen molar-refractivity contribution in [1.29, 1.82) is 0 Å². The van der Waals surface area contributed by atoms with E-state index in [9.17, 15) is 4.79 Å². The monoisotopic (exact) mass is 247 g/mol. The summed E-state index contributed by atoms with van der Waals surface area (Å²) in [5.41, 5.74) is 7.22. The van der Waals surface area contributed by atoms with E-state index in [1.807, 2.05) is 12.1 Å². The summed E-state index contributed by atoms with van der Waals surface area (Å²) in [7, 11) is 0. The van der Waals surface area contributed by atoms with Gasteiger partial charge in [0.1, 0.15) is 0 Å². The molecule has 18 heavy (non-hydrogen) atoms. The minimum Gasteiger partial charge on any atom is -0.462 e. The third-order valence-corrected chi connectivity index (χ3v) is 2.64. The first-order valence-corrected chi connectivity index (χ1v) is 6.32. The fourth-order valence-electron chi connectivity index (χ4n) is 1.62. The summed E-state index contributed by atoms with van der Waals surface area (Å²) in [5, 5.41) is 0. The second kappa shape index (κ2) is 7.54. The van der Waals surface area contributed by atoms with Gasteiger partial charge in [-0.3, -0.25) is 0 Å². The Bertz CT molecular complexity index is 395. The Morgan fingerprint density at radius 3 is 2.67 bits per heavy atom. The fourth-order valence-corrected chi connectivity index (χ4v) is 1.62. The van der Waals surface area contributed by atoms with E-state index >= 15 is 0 Å². The zero-order chi connectivity index (χ0) is 13.4. The first-order valence-electron chi connectivity index (χ1n) is 6.32. The van der Waals surface area contributed by atoms with Crippen molar-refractivity contribution >= 4 is 17.7 Å². The summed E-state index contributed by atoms with van der Waals surface area (Å²) in [6.07, 6.45) is 5.37. The van der Waals surface area contributed by atoms with Crippen molar-refractivity contribution in [1.82, 2.24) is 0 Å². The number of nitrogen functional groups attached to an aromatic ring is 1. The van der Waals surface area contributed by atoms with Crippen molar-refractivity contribution in [3.63, 3.8) is 0 Å². The second-order valence-corrected chi connectivity index (χ2v) is 4.52. The fraction of sp³-hybridized carbons (Fsp3) is 0.400. The lowest BCUT2D eigenvalue weighted by atomic mass is 10.1. The lowest BCUT2D eigenvalue weighted by molar-refractivity contribution is -0.138. The predicted molar refractivity (Wildman–Crippen MR) is 74.9 cm³/mol. The first kappa shape index (κ1) is 14.3. The predicted octanol–water partition coefficient (Wildman–Crippen LogP) is 3.26. The summed E-state index contributed by atoms with van der Waals surface area (Å²) in [5.74, 6) is 0.124. The number of esters is 1. The Hall–Kier alpha value is -1.77. The third kappa shape index (κ3) is 5.53. The van der Waals surface area contributed by atoms with Crippen molar-refractivity contribution in [2.75, 3.05) is 12.3 Å². The Morgan fingerprint density at radius 2 is 2.06 bits per heavy atom. The molecule has 0 saturated heterocycles. The second-order valence-electron chi connectivity index (χ2n) is 4.52. The molecule has 0 saturated carbocycles. The van der Waals surface area contributed by atoms with E-state index in [1.165, 1.54) is 6.08 Å². The Kier molecular flexibility index (Phi) is 5.98. The number of benzene rings is 1. The minimum atomic E-state index is -0.297. The molecular formula is C15H21NO2. The molecule has 0 aliphatic rings. The van der Waals surface area contributed by atoms with Crippen LogP contribution < -0.4 is 5.73 Å². The molecule has 0 aliphatic heterocycles. The molecule has 0 radical (unpaired) electrons. The maximum atomic E-state index is 11.5. The highest BCUT2D eigenvalue weighted by molar-refractivity contribution is 5.87. The van der Waals surface area contributed by atoms with Gasteiger partial charge in [0.15, 0.2) is 0 Å². The molecule has 98 valence electrons. The van der Waals surface area contributed by atoms with Gasteiger partial charge >= 0.3 is 5.97 Å². The topological polar surface area (TPSA) is 52.3 Å². The highest BCUT2D eigenvalue weighted by atomic mass is 16.5. The maximum absolute atomic E-state index is 11.5. The van der Waals surface area contributed by atoms with Gasteiger partial charge in [-0.1, -0.05) is 32.4 Å². The molecular weight excluding hydrogens is 226 g/mol. The van der Waals surface area contributed by atoms with Gasteiger partial charge in [-0.15, -0.1) is 0 Å². The third-order valence-electron chi connectivity index (χ3n) is 2.64. The molecule has 1 aromatic rings. The van der Waals surface area contributed by atoms with Crippen molar-refractivity contribution in [2.24, 2.45) is 5.92 Å². The van der Waals surface area contributed by atoms with Crippen molar-refractivity contribution < 1.29 is 9.53 Å². The van der Waals surface area contributed by atoms with Crippen LogP contribution in [0, 0.1) is 5.92 Å². The maximum Gasteiger partial charge on any atom is 0.330 e. The van der Waals surface area contributed by atoms with Crippen LogP contribution in [0.25, 0.3) is 6.08 Å². The molecule has 0 amide bonds. The highest BCUT2D eigenvalue weighted by Gasteiger charge is 2.03. The number of ether oxygens (including phenoxy) is 1. The minimum absolute atomic E-state index is 0.297. The van der Waals surface area contributed by atoms with E-state index in [4.69, 9.17) is 10.5 Å². The quantitative estimate of drug-likeness (QED) is 0.477. The van der Waals surface area contributed by atoms with Gasteiger partial charge < -0.3 is 10.5 Å². The van der Waals surface area contributed by atoms with Crippen molar-refractivity contribution in [2.45, 2.75) is 26.7 Å². The molecule has 3 nitrogen and oxygen atoms in total. The average molecular weight is 247 g/mol. The molecule has 2 N–H and O–H groups in total. The molecule has 0 aliphatic carbocycles. The zero-order valence-corrected chi connectivity index (χ0v) is 11.1. The van der Waals surface area contributed by atoms with Gasteiger partial charge in [-0.25, -0.2) is 4.79 Å². The molecule has 1 aromatic carbocycles. The number of carbonyl (C=O) groups is 1. The number of hydrogen-bond acceptors (Lipinski definition) is 3. The van der Waals surface area contributed by atoms with E-state index in [1.54, 1.807) is 18.2 Å². The summed E-state index contributed by atoms with van der Waals surface area (Å²) in [6.45, 7) is 4.69. The average Bonchev–Trinajstić information content (AvgIpc) is 2.36. The Labute approximate surface area is 109 Å². The number of rotatable bonds is 6. The molecule has 0 bridgehead atoms. The van der Waals surface area contributed by atoms with E-state index in [2.05, 4.69) is 13.8 Å². The van der Waals surface area contributed by atoms with Crippen LogP contribution in [0.5, 0.6) is 0 Å². The van der Waals surface area contributed by atoms with Crippen LogP contribution in [-0.4, -0.2) is 12.6 Å². The molecule has 0 fully saturated rings.